The Hall–Kier alpha value is -3.47. The predicted molar refractivity (Wildman–Crippen MR) is 112 cm³/mol. The molecule has 0 aliphatic heterocycles. The van der Waals surface area contributed by atoms with Crippen molar-refractivity contribution >= 4 is 33.5 Å². The molecule has 7 nitrogen and oxygen atoms in total. The van der Waals surface area contributed by atoms with Gasteiger partial charge in [0.15, 0.2) is 5.65 Å². The van der Waals surface area contributed by atoms with Crippen molar-refractivity contribution < 1.29 is 17.4 Å². The highest BCUT2D eigenvalue weighted by Crippen LogP contribution is 2.32. The van der Waals surface area contributed by atoms with Crippen molar-refractivity contribution in [1.82, 2.24) is 19.7 Å². The molecule has 11 heteroatoms. The summed E-state index contributed by atoms with van der Waals surface area (Å²) in [7, 11) is -1.75. The first kappa shape index (κ1) is 20.8. The normalized spacial score (nSPS) is 12.8. The van der Waals surface area contributed by atoms with Gasteiger partial charge in [-0.05, 0) is 37.3 Å². The third kappa shape index (κ3) is 4.08. The topological polar surface area (TPSA) is 98.7 Å². The molecule has 3 N–H and O–H groups in total. The first-order valence-electron chi connectivity index (χ1n) is 9.21. The fourth-order valence-corrected chi connectivity index (χ4v) is 3.96. The van der Waals surface area contributed by atoms with Crippen molar-refractivity contribution in [2.24, 2.45) is 0 Å². The molecule has 160 valence electrons. The van der Waals surface area contributed by atoms with Crippen LogP contribution in [0.15, 0.2) is 59.8 Å². The van der Waals surface area contributed by atoms with Gasteiger partial charge in [0.05, 0.1) is 15.8 Å². The van der Waals surface area contributed by atoms with Crippen LogP contribution in [-0.2, 0) is 23.7 Å². The third-order valence-electron chi connectivity index (χ3n) is 4.60. The molecule has 1 atom stereocenters. The standard InChI is InChI=1S/C20H17F3N6OS/c1-2-29-19-16(18(24)25-11-26-19)17(27-29)12-6-8-15(9-7-12)31(30)28-14-5-3-4-13(10-14)20(21,22)23/h3-11,28H,2H2,1H3,(H2,24,25,26). The Balaban J connectivity index is 1.61. The zero-order valence-electron chi connectivity index (χ0n) is 16.2. The fourth-order valence-electron chi connectivity index (χ4n) is 3.11. The summed E-state index contributed by atoms with van der Waals surface area (Å²) in [5, 5.41) is 5.18. The fraction of sp³-hybridized carbons (Fsp3) is 0.150. The van der Waals surface area contributed by atoms with E-state index in [1.807, 2.05) is 6.92 Å². The molecule has 0 aliphatic carbocycles. The summed E-state index contributed by atoms with van der Waals surface area (Å²) in [6, 6.07) is 11.2. The average molecular weight is 446 g/mol. The Morgan fingerprint density at radius 1 is 1.13 bits per heavy atom. The van der Waals surface area contributed by atoms with E-state index in [0.29, 0.717) is 34.0 Å². The highest BCUT2D eigenvalue weighted by Gasteiger charge is 2.30. The van der Waals surface area contributed by atoms with Gasteiger partial charge in [0.1, 0.15) is 28.8 Å². The molecule has 0 saturated carbocycles. The van der Waals surface area contributed by atoms with Crippen molar-refractivity contribution in [2.45, 2.75) is 24.5 Å². The van der Waals surface area contributed by atoms with Crippen LogP contribution in [0.1, 0.15) is 12.5 Å². The van der Waals surface area contributed by atoms with Crippen molar-refractivity contribution in [2.75, 3.05) is 10.5 Å². The van der Waals surface area contributed by atoms with Crippen molar-refractivity contribution in [1.29, 1.82) is 0 Å². The van der Waals surface area contributed by atoms with Gasteiger partial charge in [-0.2, -0.15) is 18.3 Å². The molecule has 2 aromatic heterocycles. The number of nitrogens with one attached hydrogen (secondary N) is 1. The van der Waals surface area contributed by atoms with E-state index in [0.717, 1.165) is 17.7 Å². The van der Waals surface area contributed by atoms with E-state index in [2.05, 4.69) is 19.8 Å². The molecule has 0 amide bonds. The number of nitrogens with zero attached hydrogens (tertiary/aromatic N) is 4. The minimum absolute atomic E-state index is 0.106. The van der Waals surface area contributed by atoms with Gasteiger partial charge in [0, 0.05) is 17.8 Å². The van der Waals surface area contributed by atoms with Gasteiger partial charge in [-0.3, -0.25) is 0 Å². The molecule has 0 saturated heterocycles. The lowest BCUT2D eigenvalue weighted by atomic mass is 10.1. The van der Waals surface area contributed by atoms with Crippen LogP contribution in [0.5, 0.6) is 0 Å². The number of hydrogen-bond donors (Lipinski definition) is 2. The van der Waals surface area contributed by atoms with Crippen LogP contribution in [0.2, 0.25) is 0 Å². The second-order valence-corrected chi connectivity index (χ2v) is 7.81. The second-order valence-electron chi connectivity index (χ2n) is 6.60. The average Bonchev–Trinajstić information content (AvgIpc) is 3.13. The molecule has 2 aromatic carbocycles. The summed E-state index contributed by atoms with van der Waals surface area (Å²) in [4.78, 5) is 8.67. The number of alkyl halides is 3. The Labute approximate surface area is 177 Å². The first-order chi connectivity index (χ1) is 14.8. The summed E-state index contributed by atoms with van der Waals surface area (Å²) in [5.74, 6) is 0.304. The van der Waals surface area contributed by atoms with E-state index in [1.165, 1.54) is 18.5 Å². The van der Waals surface area contributed by atoms with Crippen molar-refractivity contribution in [3.8, 4) is 11.3 Å². The molecule has 0 fully saturated rings. The Morgan fingerprint density at radius 2 is 1.87 bits per heavy atom. The number of halogens is 3. The van der Waals surface area contributed by atoms with Crippen molar-refractivity contribution in [3.63, 3.8) is 0 Å². The van der Waals surface area contributed by atoms with Crippen LogP contribution < -0.4 is 10.5 Å². The van der Waals surface area contributed by atoms with Gasteiger partial charge in [0.25, 0.3) is 0 Å². The first-order valence-corrected chi connectivity index (χ1v) is 10.4. The van der Waals surface area contributed by atoms with E-state index in [4.69, 9.17) is 5.73 Å². The lowest BCUT2D eigenvalue weighted by Gasteiger charge is -2.10. The summed E-state index contributed by atoms with van der Waals surface area (Å²) in [6.45, 7) is 2.52. The summed E-state index contributed by atoms with van der Waals surface area (Å²) in [5.41, 5.74) is 7.25. The largest absolute Gasteiger partial charge is 0.416 e. The molecule has 0 radical (unpaired) electrons. The summed E-state index contributed by atoms with van der Waals surface area (Å²) < 4.78 is 55.5. The number of rotatable bonds is 5. The number of benzene rings is 2. The highest BCUT2D eigenvalue weighted by molar-refractivity contribution is 7.86. The molecule has 0 bridgehead atoms. The van der Waals surface area contributed by atoms with Gasteiger partial charge in [-0.1, -0.05) is 18.2 Å². The van der Waals surface area contributed by atoms with Crippen LogP contribution in [0, 0.1) is 0 Å². The van der Waals surface area contributed by atoms with Gasteiger partial charge in [-0.15, -0.1) is 0 Å². The predicted octanol–water partition coefficient (Wildman–Crippen LogP) is 4.25. The van der Waals surface area contributed by atoms with Gasteiger partial charge >= 0.3 is 6.18 Å². The number of aromatic nitrogens is 4. The van der Waals surface area contributed by atoms with Gasteiger partial charge < -0.3 is 10.5 Å². The van der Waals surface area contributed by atoms with Crippen LogP contribution in [0.4, 0.5) is 24.7 Å². The quantitative estimate of drug-likeness (QED) is 0.478. The Kier molecular flexibility index (Phi) is 5.36. The van der Waals surface area contributed by atoms with Crippen LogP contribution in [0.25, 0.3) is 22.3 Å². The minimum atomic E-state index is -4.48. The molecule has 4 aromatic rings. The SMILES string of the molecule is CCn1nc(-c2ccc(S(=O)Nc3cccc(C(F)(F)F)c3)cc2)c2c(N)ncnc21. The van der Waals surface area contributed by atoms with Crippen LogP contribution in [0.3, 0.4) is 0 Å². The molecule has 4 rings (SSSR count). The maximum atomic E-state index is 12.9. The summed E-state index contributed by atoms with van der Waals surface area (Å²) >= 11 is 0. The van der Waals surface area contributed by atoms with E-state index < -0.39 is 22.7 Å². The molecular formula is C20H17F3N6OS. The van der Waals surface area contributed by atoms with E-state index in [1.54, 1.807) is 28.9 Å². The molecule has 0 aliphatic rings. The zero-order chi connectivity index (χ0) is 22.2. The number of nitrogen functional groups attached to an aromatic ring is 1. The van der Waals surface area contributed by atoms with Gasteiger partial charge in [-0.25, -0.2) is 18.9 Å². The minimum Gasteiger partial charge on any atom is -0.383 e. The number of hydrogen-bond acceptors (Lipinski definition) is 5. The number of aryl methyl sites for hydroxylation is 1. The smallest absolute Gasteiger partial charge is 0.383 e. The molecule has 0 spiro atoms. The molecule has 2 heterocycles. The van der Waals surface area contributed by atoms with E-state index in [9.17, 15) is 17.4 Å². The van der Waals surface area contributed by atoms with Crippen LogP contribution >= 0.6 is 0 Å². The molecule has 1 unspecified atom stereocenters. The van der Waals surface area contributed by atoms with Crippen LogP contribution in [-0.4, -0.2) is 24.0 Å². The third-order valence-corrected chi connectivity index (χ3v) is 5.72. The number of nitrogens with two attached hydrogens (primary N) is 1. The van der Waals surface area contributed by atoms with Gasteiger partial charge in [0.2, 0.25) is 0 Å². The molecular weight excluding hydrogens is 429 g/mol. The highest BCUT2D eigenvalue weighted by atomic mass is 32.2. The lowest BCUT2D eigenvalue weighted by Crippen LogP contribution is -2.08. The maximum Gasteiger partial charge on any atom is 0.416 e. The monoisotopic (exact) mass is 446 g/mol. The van der Waals surface area contributed by atoms with Crippen molar-refractivity contribution in [3.05, 3.63) is 60.4 Å². The zero-order valence-corrected chi connectivity index (χ0v) is 17.0. The Bertz CT molecular complexity index is 1270. The van der Waals surface area contributed by atoms with E-state index in [-0.39, 0.29) is 5.69 Å². The Morgan fingerprint density at radius 3 is 2.55 bits per heavy atom. The summed E-state index contributed by atoms with van der Waals surface area (Å²) in [6.07, 6.45) is -3.10. The second kappa shape index (κ2) is 7.99. The maximum absolute atomic E-state index is 12.9. The van der Waals surface area contributed by atoms with E-state index >= 15 is 0 Å². The number of anilines is 2. The lowest BCUT2D eigenvalue weighted by molar-refractivity contribution is -0.137. The molecule has 31 heavy (non-hydrogen) atoms. The number of fused-ring (bicyclic) bond motifs is 1.